The normalized spacial score (nSPS) is 9.77. The maximum atomic E-state index is 8.88. The van der Waals surface area contributed by atoms with Crippen molar-refractivity contribution in [1.82, 2.24) is 0 Å². The van der Waals surface area contributed by atoms with Crippen molar-refractivity contribution in [2.75, 3.05) is 11.5 Å². The molecule has 0 saturated heterocycles. The quantitative estimate of drug-likeness (QED) is 0.296. The van der Waals surface area contributed by atoms with Crippen LogP contribution >= 0.6 is 29.4 Å². The van der Waals surface area contributed by atoms with E-state index in [1.54, 1.807) is 21.6 Å². The number of phosphoric acid groups is 1. The van der Waals surface area contributed by atoms with Crippen LogP contribution in [0.5, 0.6) is 0 Å². The fourth-order valence-corrected chi connectivity index (χ4v) is 1.73. The van der Waals surface area contributed by atoms with Crippen molar-refractivity contribution >= 4 is 29.4 Å². The van der Waals surface area contributed by atoms with Gasteiger partial charge in [-0.15, -0.1) is 13.2 Å². The van der Waals surface area contributed by atoms with Crippen molar-refractivity contribution in [3.63, 3.8) is 0 Å². The van der Waals surface area contributed by atoms with E-state index in [1.165, 1.54) is 0 Å². The molecular formula is C6H13O4PS2. The Morgan fingerprint density at radius 2 is 1.31 bits per heavy atom. The van der Waals surface area contributed by atoms with Gasteiger partial charge in [0.05, 0.1) is 0 Å². The van der Waals surface area contributed by atoms with Gasteiger partial charge in [0.25, 0.3) is 0 Å². The van der Waals surface area contributed by atoms with E-state index in [0.717, 1.165) is 11.5 Å². The summed E-state index contributed by atoms with van der Waals surface area (Å²) >= 11 is 0. The van der Waals surface area contributed by atoms with Gasteiger partial charge in [0.1, 0.15) is 0 Å². The molecule has 0 aromatic carbocycles. The topological polar surface area (TPSA) is 77.8 Å². The van der Waals surface area contributed by atoms with Crippen LogP contribution in [0.3, 0.4) is 0 Å². The Morgan fingerprint density at radius 1 is 1.08 bits per heavy atom. The van der Waals surface area contributed by atoms with Gasteiger partial charge in [-0.05, 0) is 0 Å². The van der Waals surface area contributed by atoms with Crippen LogP contribution in [0, 0.1) is 0 Å². The zero-order chi connectivity index (χ0) is 10.7. The molecule has 0 fully saturated rings. The first-order valence-corrected chi connectivity index (χ1v) is 7.21. The van der Waals surface area contributed by atoms with E-state index in [1.807, 2.05) is 12.2 Å². The molecule has 78 valence electrons. The van der Waals surface area contributed by atoms with Gasteiger partial charge in [0, 0.05) is 11.5 Å². The second kappa shape index (κ2) is 10.4. The lowest BCUT2D eigenvalue weighted by Crippen LogP contribution is -1.66. The summed E-state index contributed by atoms with van der Waals surface area (Å²) in [5, 5.41) is 0. The smallest absolute Gasteiger partial charge is 0.303 e. The molecule has 0 aliphatic carbocycles. The second-order valence-corrected chi connectivity index (χ2v) is 5.24. The molecule has 3 N–H and O–H groups in total. The van der Waals surface area contributed by atoms with E-state index in [4.69, 9.17) is 19.2 Å². The molecule has 0 aromatic rings. The van der Waals surface area contributed by atoms with Crippen LogP contribution in [0.15, 0.2) is 25.3 Å². The molecule has 0 bridgehead atoms. The van der Waals surface area contributed by atoms with Crippen LogP contribution in [0.1, 0.15) is 0 Å². The monoisotopic (exact) mass is 244 g/mol. The van der Waals surface area contributed by atoms with Crippen molar-refractivity contribution < 1.29 is 19.2 Å². The first kappa shape index (κ1) is 15.7. The molecule has 0 spiro atoms. The highest BCUT2D eigenvalue weighted by molar-refractivity contribution is 8.76. The van der Waals surface area contributed by atoms with Gasteiger partial charge < -0.3 is 14.7 Å². The summed E-state index contributed by atoms with van der Waals surface area (Å²) in [7, 11) is -1.03. The van der Waals surface area contributed by atoms with Crippen LogP contribution in [0.4, 0.5) is 0 Å². The minimum Gasteiger partial charge on any atom is -0.303 e. The van der Waals surface area contributed by atoms with Gasteiger partial charge >= 0.3 is 7.82 Å². The van der Waals surface area contributed by atoms with Gasteiger partial charge in [0.2, 0.25) is 0 Å². The summed E-state index contributed by atoms with van der Waals surface area (Å²) in [5.41, 5.74) is 0. The van der Waals surface area contributed by atoms with Crippen molar-refractivity contribution in [2.45, 2.75) is 0 Å². The zero-order valence-corrected chi connectivity index (χ0v) is 9.52. The number of rotatable bonds is 5. The van der Waals surface area contributed by atoms with Gasteiger partial charge in [-0.1, -0.05) is 33.7 Å². The lowest BCUT2D eigenvalue weighted by Gasteiger charge is -1.89. The Bertz CT molecular complexity index is 161. The molecule has 0 radical (unpaired) electrons. The zero-order valence-electron chi connectivity index (χ0n) is 7.00. The van der Waals surface area contributed by atoms with E-state index in [-0.39, 0.29) is 0 Å². The minimum atomic E-state index is -4.64. The summed E-state index contributed by atoms with van der Waals surface area (Å²) in [5.74, 6) is 2.05. The summed E-state index contributed by atoms with van der Waals surface area (Å²) < 4.78 is 8.88. The molecule has 13 heavy (non-hydrogen) atoms. The molecule has 0 aliphatic heterocycles. The van der Waals surface area contributed by atoms with Gasteiger partial charge in [-0.3, -0.25) is 0 Å². The largest absolute Gasteiger partial charge is 0.466 e. The first-order chi connectivity index (χ1) is 5.91. The maximum absolute atomic E-state index is 8.88. The highest BCUT2D eigenvalue weighted by Crippen LogP contribution is 2.25. The van der Waals surface area contributed by atoms with Crippen LogP contribution in [0.2, 0.25) is 0 Å². The van der Waals surface area contributed by atoms with Crippen molar-refractivity contribution in [1.29, 1.82) is 0 Å². The summed E-state index contributed by atoms with van der Waals surface area (Å²) in [6, 6.07) is 0. The fourth-order valence-electron chi connectivity index (χ4n) is 0.192. The van der Waals surface area contributed by atoms with E-state index >= 15 is 0 Å². The van der Waals surface area contributed by atoms with Crippen molar-refractivity contribution in [3.05, 3.63) is 25.3 Å². The molecule has 0 atom stereocenters. The lowest BCUT2D eigenvalue weighted by molar-refractivity contribution is 0.275. The van der Waals surface area contributed by atoms with E-state index < -0.39 is 7.82 Å². The summed E-state index contributed by atoms with van der Waals surface area (Å²) in [6.45, 7) is 7.20. The predicted molar refractivity (Wildman–Crippen MR) is 59.6 cm³/mol. The van der Waals surface area contributed by atoms with Crippen molar-refractivity contribution in [2.24, 2.45) is 0 Å². The fraction of sp³-hybridized carbons (Fsp3) is 0.333. The predicted octanol–water partition coefficient (Wildman–Crippen LogP) is 1.81. The van der Waals surface area contributed by atoms with Gasteiger partial charge in [-0.25, -0.2) is 4.57 Å². The molecule has 0 unspecified atom stereocenters. The number of hydrogen-bond donors (Lipinski definition) is 3. The lowest BCUT2D eigenvalue weighted by atomic mass is 10.8. The molecule has 0 aromatic heterocycles. The Labute approximate surface area is 85.8 Å². The van der Waals surface area contributed by atoms with Crippen molar-refractivity contribution in [3.8, 4) is 0 Å². The van der Waals surface area contributed by atoms with Crippen LogP contribution in [-0.4, -0.2) is 26.2 Å². The van der Waals surface area contributed by atoms with Gasteiger partial charge in [-0.2, -0.15) is 0 Å². The van der Waals surface area contributed by atoms with E-state index in [0.29, 0.717) is 0 Å². The van der Waals surface area contributed by atoms with Gasteiger partial charge in [0.15, 0.2) is 0 Å². The second-order valence-electron chi connectivity index (χ2n) is 1.66. The summed E-state index contributed by atoms with van der Waals surface area (Å²) in [4.78, 5) is 21.6. The SMILES string of the molecule is C=CCSSCC=C.O=P(O)(O)O. The minimum absolute atomic E-state index is 1.03. The Morgan fingerprint density at radius 3 is 1.46 bits per heavy atom. The van der Waals surface area contributed by atoms with Crippen LogP contribution < -0.4 is 0 Å². The van der Waals surface area contributed by atoms with Crippen LogP contribution in [-0.2, 0) is 4.57 Å². The molecule has 0 heterocycles. The molecule has 0 aliphatic rings. The Balaban J connectivity index is 0. The third-order valence-electron chi connectivity index (χ3n) is 0.455. The average molecular weight is 244 g/mol. The third kappa shape index (κ3) is 46.5. The standard InChI is InChI=1S/C6H10S2.H3O4P/c1-3-5-7-8-6-4-2;1-5(2,3)4/h3-4H,1-2,5-6H2;(H3,1,2,3,4). The first-order valence-electron chi connectivity index (χ1n) is 3.16. The molecule has 0 amide bonds. The van der Waals surface area contributed by atoms with E-state index in [2.05, 4.69) is 13.2 Å². The number of hydrogen-bond acceptors (Lipinski definition) is 3. The molecular weight excluding hydrogens is 231 g/mol. The molecule has 0 rings (SSSR count). The highest BCUT2D eigenvalue weighted by atomic mass is 33.1. The highest BCUT2D eigenvalue weighted by Gasteiger charge is 2.00. The van der Waals surface area contributed by atoms with Crippen LogP contribution in [0.25, 0.3) is 0 Å². The van der Waals surface area contributed by atoms with E-state index in [9.17, 15) is 0 Å². The molecule has 7 heteroatoms. The third-order valence-corrected chi connectivity index (χ3v) is 2.68. The summed E-state index contributed by atoms with van der Waals surface area (Å²) in [6.07, 6.45) is 3.81. The average Bonchev–Trinajstić information content (AvgIpc) is 1.95. The Kier molecular flexibility index (Phi) is 12.6. The molecule has 0 saturated carbocycles. The molecule has 4 nitrogen and oxygen atoms in total. The maximum Gasteiger partial charge on any atom is 0.466 e. The Hall–Kier alpha value is 0.290.